The third-order valence-corrected chi connectivity index (χ3v) is 2.42. The summed E-state index contributed by atoms with van der Waals surface area (Å²) in [5.41, 5.74) is 1.06. The Labute approximate surface area is 108 Å². The van der Waals surface area contributed by atoms with Crippen LogP contribution in [0.1, 0.15) is 20.8 Å². The fourth-order valence-corrected chi connectivity index (χ4v) is 1.48. The summed E-state index contributed by atoms with van der Waals surface area (Å²) in [7, 11) is 2.57. The summed E-state index contributed by atoms with van der Waals surface area (Å²) in [6, 6.07) is 6.61. The van der Waals surface area contributed by atoms with Crippen molar-refractivity contribution >= 4 is 11.9 Å². The maximum Gasteiger partial charge on any atom is 0.360 e. The highest BCUT2D eigenvalue weighted by Crippen LogP contribution is 2.11. The predicted molar refractivity (Wildman–Crippen MR) is 64.0 cm³/mol. The quantitative estimate of drug-likeness (QED) is 0.761. The summed E-state index contributed by atoms with van der Waals surface area (Å²) in [6.07, 6.45) is 1.42. The van der Waals surface area contributed by atoms with Crippen molar-refractivity contribution in [3.63, 3.8) is 0 Å². The Morgan fingerprint density at radius 3 is 2.58 bits per heavy atom. The number of hydrogen-bond acceptors (Lipinski definition) is 6. The molecule has 0 amide bonds. The summed E-state index contributed by atoms with van der Waals surface area (Å²) >= 11 is 0. The highest BCUT2D eigenvalue weighted by molar-refractivity contribution is 5.90. The fraction of sp³-hybridized carbons (Fsp3) is 0.167. The second kappa shape index (κ2) is 5.30. The topological polar surface area (TPSA) is 83.3 Å². The second-order valence-electron chi connectivity index (χ2n) is 3.58. The van der Waals surface area contributed by atoms with Gasteiger partial charge in [0, 0.05) is 0 Å². The van der Waals surface area contributed by atoms with Gasteiger partial charge >= 0.3 is 11.9 Å². The van der Waals surface area contributed by atoms with Crippen LogP contribution in [0.15, 0.2) is 30.5 Å². The van der Waals surface area contributed by atoms with Gasteiger partial charge in [0.05, 0.1) is 31.7 Å². The van der Waals surface area contributed by atoms with Crippen LogP contribution >= 0.6 is 0 Å². The predicted octanol–water partition coefficient (Wildman–Crippen LogP) is 0.840. The highest BCUT2D eigenvalue weighted by atomic mass is 16.5. The van der Waals surface area contributed by atoms with Crippen molar-refractivity contribution in [2.24, 2.45) is 0 Å². The van der Waals surface area contributed by atoms with Gasteiger partial charge in [0.25, 0.3) is 0 Å². The molecule has 0 bridgehead atoms. The molecular formula is C12H11N3O4. The number of rotatable bonds is 3. The Balaban J connectivity index is 2.34. The van der Waals surface area contributed by atoms with Gasteiger partial charge < -0.3 is 9.47 Å². The minimum atomic E-state index is -0.574. The summed E-state index contributed by atoms with van der Waals surface area (Å²) in [5, 5.41) is 7.48. The van der Waals surface area contributed by atoms with Crippen molar-refractivity contribution in [1.82, 2.24) is 15.0 Å². The first-order valence-corrected chi connectivity index (χ1v) is 5.35. The SMILES string of the molecule is COC(=O)c1cccc(-n2cc(C(=O)OC)nn2)c1. The van der Waals surface area contributed by atoms with Crippen molar-refractivity contribution < 1.29 is 19.1 Å². The lowest BCUT2D eigenvalue weighted by Crippen LogP contribution is -2.03. The van der Waals surface area contributed by atoms with Crippen LogP contribution in [0.3, 0.4) is 0 Å². The number of hydrogen-bond donors (Lipinski definition) is 0. The van der Waals surface area contributed by atoms with Crippen LogP contribution in [0.25, 0.3) is 5.69 Å². The Bertz CT molecular complexity index is 621. The third-order valence-electron chi connectivity index (χ3n) is 2.42. The van der Waals surface area contributed by atoms with E-state index in [4.69, 9.17) is 0 Å². The molecule has 0 aliphatic carbocycles. The number of methoxy groups -OCH3 is 2. The van der Waals surface area contributed by atoms with Crippen LogP contribution in [-0.4, -0.2) is 41.2 Å². The molecule has 0 N–H and O–H groups in total. The van der Waals surface area contributed by atoms with Gasteiger partial charge in [0.1, 0.15) is 0 Å². The molecule has 1 heterocycles. The van der Waals surface area contributed by atoms with Gasteiger partial charge in [-0.25, -0.2) is 14.3 Å². The molecule has 0 radical (unpaired) electrons. The lowest BCUT2D eigenvalue weighted by atomic mass is 10.2. The molecule has 98 valence electrons. The van der Waals surface area contributed by atoms with Gasteiger partial charge in [0.15, 0.2) is 5.69 Å². The first kappa shape index (κ1) is 12.7. The molecule has 2 rings (SSSR count). The van der Waals surface area contributed by atoms with Crippen LogP contribution in [-0.2, 0) is 9.47 Å². The molecule has 0 unspecified atom stereocenters. The van der Waals surface area contributed by atoms with Crippen LogP contribution in [0.2, 0.25) is 0 Å². The van der Waals surface area contributed by atoms with Gasteiger partial charge in [-0.1, -0.05) is 11.3 Å². The monoisotopic (exact) mass is 261 g/mol. The average Bonchev–Trinajstić information content (AvgIpc) is 2.95. The van der Waals surface area contributed by atoms with E-state index in [1.807, 2.05) is 0 Å². The van der Waals surface area contributed by atoms with E-state index in [9.17, 15) is 9.59 Å². The van der Waals surface area contributed by atoms with E-state index in [2.05, 4.69) is 19.8 Å². The maximum atomic E-state index is 11.4. The van der Waals surface area contributed by atoms with E-state index < -0.39 is 11.9 Å². The van der Waals surface area contributed by atoms with E-state index in [0.717, 1.165) is 0 Å². The van der Waals surface area contributed by atoms with E-state index in [0.29, 0.717) is 11.3 Å². The molecule has 7 nitrogen and oxygen atoms in total. The Morgan fingerprint density at radius 1 is 1.16 bits per heavy atom. The number of carbonyl (C=O) groups is 2. The van der Waals surface area contributed by atoms with E-state index in [1.54, 1.807) is 24.3 Å². The summed E-state index contributed by atoms with van der Waals surface area (Å²) in [6.45, 7) is 0. The normalized spacial score (nSPS) is 10.0. The zero-order chi connectivity index (χ0) is 13.8. The lowest BCUT2D eigenvalue weighted by Gasteiger charge is -2.02. The molecule has 0 spiro atoms. The highest BCUT2D eigenvalue weighted by Gasteiger charge is 2.12. The van der Waals surface area contributed by atoms with Gasteiger partial charge in [0.2, 0.25) is 0 Å². The summed E-state index contributed by atoms with van der Waals surface area (Å²) < 4.78 is 10.5. The molecular weight excluding hydrogens is 250 g/mol. The van der Waals surface area contributed by atoms with E-state index in [-0.39, 0.29) is 5.69 Å². The molecule has 1 aromatic heterocycles. The van der Waals surface area contributed by atoms with E-state index in [1.165, 1.54) is 25.1 Å². The summed E-state index contributed by atoms with van der Waals surface area (Å²) in [4.78, 5) is 22.7. The Hall–Kier alpha value is -2.70. The molecule has 19 heavy (non-hydrogen) atoms. The first-order valence-electron chi connectivity index (χ1n) is 5.35. The molecule has 0 aliphatic rings. The minimum absolute atomic E-state index is 0.0889. The van der Waals surface area contributed by atoms with Gasteiger partial charge in [-0.15, -0.1) is 5.10 Å². The maximum absolute atomic E-state index is 11.4. The first-order chi connectivity index (χ1) is 9.15. The number of nitrogens with zero attached hydrogens (tertiary/aromatic N) is 3. The van der Waals surface area contributed by atoms with E-state index >= 15 is 0 Å². The van der Waals surface area contributed by atoms with Gasteiger partial charge in [-0.05, 0) is 18.2 Å². The van der Waals surface area contributed by atoms with Crippen molar-refractivity contribution in [3.05, 3.63) is 41.7 Å². The molecule has 0 atom stereocenters. The fourth-order valence-electron chi connectivity index (χ4n) is 1.48. The largest absolute Gasteiger partial charge is 0.465 e. The summed E-state index contributed by atoms with van der Waals surface area (Å²) in [5.74, 6) is -1.02. The molecule has 0 aliphatic heterocycles. The Morgan fingerprint density at radius 2 is 1.89 bits per heavy atom. The van der Waals surface area contributed by atoms with Crippen LogP contribution < -0.4 is 0 Å². The number of carbonyl (C=O) groups excluding carboxylic acids is 2. The minimum Gasteiger partial charge on any atom is -0.465 e. The lowest BCUT2D eigenvalue weighted by molar-refractivity contribution is 0.0587. The number of ether oxygens (including phenoxy) is 2. The van der Waals surface area contributed by atoms with Crippen LogP contribution in [0, 0.1) is 0 Å². The molecule has 1 aromatic carbocycles. The average molecular weight is 261 g/mol. The van der Waals surface area contributed by atoms with Crippen molar-refractivity contribution in [2.45, 2.75) is 0 Å². The van der Waals surface area contributed by atoms with Crippen molar-refractivity contribution in [3.8, 4) is 5.69 Å². The molecule has 0 saturated carbocycles. The van der Waals surface area contributed by atoms with Crippen molar-refractivity contribution in [1.29, 1.82) is 0 Å². The number of benzene rings is 1. The number of aromatic nitrogens is 3. The third kappa shape index (κ3) is 2.59. The van der Waals surface area contributed by atoms with Gasteiger partial charge in [-0.2, -0.15) is 0 Å². The molecule has 7 heteroatoms. The second-order valence-corrected chi connectivity index (χ2v) is 3.58. The molecule has 0 saturated heterocycles. The standard InChI is InChI=1S/C12H11N3O4/c1-18-11(16)8-4-3-5-9(6-8)15-7-10(13-14-15)12(17)19-2/h3-7H,1-2H3. The molecule has 2 aromatic rings. The molecule has 0 fully saturated rings. The zero-order valence-corrected chi connectivity index (χ0v) is 10.4. The zero-order valence-electron chi connectivity index (χ0n) is 10.4. The number of esters is 2. The van der Waals surface area contributed by atoms with Gasteiger partial charge in [-0.3, -0.25) is 0 Å². The van der Waals surface area contributed by atoms with Crippen LogP contribution in [0.5, 0.6) is 0 Å². The Kier molecular flexibility index (Phi) is 3.56. The van der Waals surface area contributed by atoms with Crippen LogP contribution in [0.4, 0.5) is 0 Å². The smallest absolute Gasteiger partial charge is 0.360 e. The van der Waals surface area contributed by atoms with Crippen molar-refractivity contribution in [2.75, 3.05) is 14.2 Å².